The highest BCUT2D eigenvalue weighted by molar-refractivity contribution is 6.06. The summed E-state index contributed by atoms with van der Waals surface area (Å²) >= 11 is 0. The van der Waals surface area contributed by atoms with Gasteiger partial charge in [0.1, 0.15) is 11.5 Å². The minimum Gasteiger partial charge on any atom is -0.381 e. The number of hydrogen-bond acceptors (Lipinski definition) is 4. The van der Waals surface area contributed by atoms with Crippen LogP contribution in [0.5, 0.6) is 0 Å². The number of anilines is 1. The Hall–Kier alpha value is -3.42. The third-order valence-corrected chi connectivity index (χ3v) is 6.49. The van der Waals surface area contributed by atoms with Crippen LogP contribution in [-0.4, -0.2) is 44.8 Å². The fourth-order valence-electron chi connectivity index (χ4n) is 5.12. The molecular formula is C23H24FN5O2. The molecule has 2 aromatic heterocycles. The summed E-state index contributed by atoms with van der Waals surface area (Å²) in [6, 6.07) is 8.44. The Balaban J connectivity index is 1.33. The first-order chi connectivity index (χ1) is 15.0. The molecule has 4 N–H and O–H groups in total. The number of piperidine rings is 1. The van der Waals surface area contributed by atoms with Crippen molar-refractivity contribution in [3.05, 3.63) is 59.7 Å². The second-order valence-electron chi connectivity index (χ2n) is 8.45. The second-order valence-corrected chi connectivity index (χ2v) is 8.45. The number of hydrogen-bond donors (Lipinski definition) is 3. The number of amides is 2. The fourth-order valence-corrected chi connectivity index (χ4v) is 5.12. The largest absolute Gasteiger partial charge is 0.381 e. The van der Waals surface area contributed by atoms with Crippen molar-refractivity contribution < 1.29 is 14.0 Å². The molecule has 2 aliphatic heterocycles. The molecule has 4 heterocycles. The molecule has 3 atom stereocenters. The molecule has 0 unspecified atom stereocenters. The Labute approximate surface area is 178 Å². The van der Waals surface area contributed by atoms with E-state index in [9.17, 15) is 14.0 Å². The van der Waals surface area contributed by atoms with E-state index < -0.39 is 5.91 Å². The third kappa shape index (κ3) is 3.62. The van der Waals surface area contributed by atoms with Crippen LogP contribution in [0.1, 0.15) is 41.6 Å². The van der Waals surface area contributed by atoms with E-state index >= 15 is 0 Å². The molecule has 0 spiro atoms. The lowest BCUT2D eigenvalue weighted by molar-refractivity contribution is -0.134. The zero-order chi connectivity index (χ0) is 21.5. The number of aromatic nitrogens is 2. The SMILES string of the molecule is NC(=O)c1cnc2[nH]ccc2c1N[C@@H]1C[C@H]2CC[C@@H](C1)N2C(=O)Cc1ccc(F)cc1. The number of H-pyrrole nitrogens is 1. The first kappa shape index (κ1) is 19.5. The average molecular weight is 421 g/mol. The minimum atomic E-state index is -0.520. The van der Waals surface area contributed by atoms with E-state index in [1.54, 1.807) is 18.3 Å². The van der Waals surface area contributed by atoms with Crippen LogP contribution in [0.25, 0.3) is 11.0 Å². The van der Waals surface area contributed by atoms with Crippen LogP contribution in [0, 0.1) is 5.82 Å². The maximum atomic E-state index is 13.2. The highest BCUT2D eigenvalue weighted by atomic mass is 19.1. The van der Waals surface area contributed by atoms with Crippen molar-refractivity contribution in [2.24, 2.45) is 5.73 Å². The fraction of sp³-hybridized carbons (Fsp3) is 0.348. The molecule has 0 aliphatic carbocycles. The molecule has 0 radical (unpaired) electrons. The van der Waals surface area contributed by atoms with Crippen molar-refractivity contribution in [2.75, 3.05) is 5.32 Å². The summed E-state index contributed by atoms with van der Waals surface area (Å²) in [6.07, 6.45) is 7.11. The minimum absolute atomic E-state index is 0.0901. The van der Waals surface area contributed by atoms with Crippen LogP contribution < -0.4 is 11.1 Å². The van der Waals surface area contributed by atoms with Crippen LogP contribution in [0.3, 0.4) is 0 Å². The number of fused-ring (bicyclic) bond motifs is 3. The van der Waals surface area contributed by atoms with Gasteiger partial charge >= 0.3 is 0 Å². The van der Waals surface area contributed by atoms with Gasteiger partial charge in [-0.05, 0) is 49.4 Å². The van der Waals surface area contributed by atoms with Gasteiger partial charge < -0.3 is 20.9 Å². The number of primary amides is 1. The Morgan fingerprint density at radius 1 is 1.16 bits per heavy atom. The number of carbonyl (C=O) groups is 2. The number of rotatable bonds is 5. The normalized spacial score (nSPS) is 22.6. The molecule has 1 aromatic carbocycles. The maximum absolute atomic E-state index is 13.2. The van der Waals surface area contributed by atoms with E-state index in [1.165, 1.54) is 18.3 Å². The highest BCUT2D eigenvalue weighted by Gasteiger charge is 2.43. The Morgan fingerprint density at radius 3 is 2.55 bits per heavy atom. The van der Waals surface area contributed by atoms with Gasteiger partial charge in [0.2, 0.25) is 5.91 Å². The van der Waals surface area contributed by atoms with Crippen LogP contribution >= 0.6 is 0 Å². The summed E-state index contributed by atoms with van der Waals surface area (Å²) in [7, 11) is 0. The molecule has 2 fully saturated rings. The molecule has 0 saturated carbocycles. The van der Waals surface area contributed by atoms with Crippen LogP contribution in [-0.2, 0) is 11.2 Å². The third-order valence-electron chi connectivity index (χ3n) is 6.49. The van der Waals surface area contributed by atoms with Gasteiger partial charge in [-0.1, -0.05) is 12.1 Å². The van der Waals surface area contributed by atoms with Gasteiger partial charge in [-0.25, -0.2) is 9.37 Å². The summed E-state index contributed by atoms with van der Waals surface area (Å²) in [4.78, 5) is 34.3. The van der Waals surface area contributed by atoms with E-state index in [0.717, 1.165) is 36.6 Å². The van der Waals surface area contributed by atoms with E-state index in [1.807, 2.05) is 11.0 Å². The molecule has 3 aromatic rings. The molecule has 31 heavy (non-hydrogen) atoms. The predicted octanol–water partition coefficient (Wildman–Crippen LogP) is 2.98. The average Bonchev–Trinajstić information content (AvgIpc) is 3.32. The molecule has 7 nitrogen and oxygen atoms in total. The number of nitrogens with zero attached hydrogens (tertiary/aromatic N) is 2. The zero-order valence-corrected chi connectivity index (χ0v) is 17.0. The van der Waals surface area contributed by atoms with Gasteiger partial charge in [-0.2, -0.15) is 0 Å². The topological polar surface area (TPSA) is 104 Å². The Kier molecular flexibility index (Phi) is 4.84. The van der Waals surface area contributed by atoms with Gasteiger partial charge in [0.25, 0.3) is 5.91 Å². The summed E-state index contributed by atoms with van der Waals surface area (Å²) in [5, 5.41) is 4.37. The Morgan fingerprint density at radius 2 is 1.87 bits per heavy atom. The lowest BCUT2D eigenvalue weighted by atomic mass is 9.95. The number of nitrogens with one attached hydrogen (secondary N) is 2. The number of nitrogens with two attached hydrogens (primary N) is 1. The molecule has 2 bridgehead atoms. The van der Waals surface area contributed by atoms with Gasteiger partial charge in [0, 0.05) is 35.9 Å². The zero-order valence-electron chi connectivity index (χ0n) is 17.0. The van der Waals surface area contributed by atoms with Crippen LogP contribution in [0.2, 0.25) is 0 Å². The first-order valence-corrected chi connectivity index (χ1v) is 10.6. The van der Waals surface area contributed by atoms with E-state index in [-0.39, 0.29) is 36.3 Å². The molecule has 2 aliphatic rings. The number of aromatic amines is 1. The summed E-state index contributed by atoms with van der Waals surface area (Å²) < 4.78 is 13.2. The summed E-state index contributed by atoms with van der Waals surface area (Å²) in [5.41, 5.74) is 8.18. The lowest BCUT2D eigenvalue weighted by Gasteiger charge is -2.40. The van der Waals surface area contributed by atoms with Gasteiger partial charge in [-0.15, -0.1) is 0 Å². The smallest absolute Gasteiger partial charge is 0.252 e. The van der Waals surface area contributed by atoms with Gasteiger partial charge in [-0.3, -0.25) is 9.59 Å². The first-order valence-electron chi connectivity index (χ1n) is 10.6. The van der Waals surface area contributed by atoms with Crippen molar-refractivity contribution in [3.8, 4) is 0 Å². The summed E-state index contributed by atoms with van der Waals surface area (Å²) in [6.45, 7) is 0. The molecular weight excluding hydrogens is 397 g/mol. The van der Waals surface area contributed by atoms with E-state index in [2.05, 4.69) is 15.3 Å². The number of carbonyl (C=O) groups excluding carboxylic acids is 2. The second kappa shape index (κ2) is 7.68. The lowest BCUT2D eigenvalue weighted by Crippen LogP contribution is -2.50. The maximum Gasteiger partial charge on any atom is 0.252 e. The van der Waals surface area contributed by atoms with Crippen LogP contribution in [0.15, 0.2) is 42.7 Å². The highest BCUT2D eigenvalue weighted by Crippen LogP contribution is 2.38. The molecule has 160 valence electrons. The van der Waals surface area contributed by atoms with Gasteiger partial charge in [0.05, 0.1) is 17.7 Å². The van der Waals surface area contributed by atoms with Gasteiger partial charge in [0.15, 0.2) is 0 Å². The quantitative estimate of drug-likeness (QED) is 0.589. The number of pyridine rings is 1. The molecule has 5 rings (SSSR count). The van der Waals surface area contributed by atoms with E-state index in [0.29, 0.717) is 16.9 Å². The van der Waals surface area contributed by atoms with Crippen molar-refractivity contribution >= 4 is 28.5 Å². The Bertz CT molecular complexity index is 1130. The van der Waals surface area contributed by atoms with Crippen molar-refractivity contribution in [1.29, 1.82) is 0 Å². The number of benzene rings is 1. The predicted molar refractivity (Wildman–Crippen MR) is 115 cm³/mol. The molecule has 2 amide bonds. The monoisotopic (exact) mass is 421 g/mol. The molecule has 8 heteroatoms. The standard InChI is InChI=1S/C23H24FN5O2/c24-14-3-1-13(2-4-14)9-20(30)29-16-5-6-17(29)11-15(10-16)28-21-18-7-8-26-23(18)27-12-19(21)22(25)31/h1-4,7-8,12,15-17H,5-6,9-11H2,(H2,25,31)(H2,26,27,28)/t15-,16-,17+. The van der Waals surface area contributed by atoms with Crippen molar-refractivity contribution in [1.82, 2.24) is 14.9 Å². The van der Waals surface area contributed by atoms with Crippen LogP contribution in [0.4, 0.5) is 10.1 Å². The van der Waals surface area contributed by atoms with E-state index in [4.69, 9.17) is 5.73 Å². The van der Waals surface area contributed by atoms with Crippen molar-refractivity contribution in [3.63, 3.8) is 0 Å². The number of halogens is 1. The molecule has 2 saturated heterocycles. The summed E-state index contributed by atoms with van der Waals surface area (Å²) in [5.74, 6) is -0.730. The van der Waals surface area contributed by atoms with Crippen molar-refractivity contribution in [2.45, 2.75) is 50.2 Å².